The molecule has 1 N–H and O–H groups in total. The first-order valence-electron chi connectivity index (χ1n) is 9.39. The number of fused-ring (bicyclic) bond motifs is 1. The number of likely N-dealkylation sites (tertiary alicyclic amines) is 1. The normalized spacial score (nSPS) is 20.5. The fourth-order valence-corrected chi connectivity index (χ4v) is 5.59. The Kier molecular flexibility index (Phi) is 5.66. The number of carbonyl (C=O) groups is 1. The molecule has 0 aliphatic carbocycles. The maximum absolute atomic E-state index is 12.9. The minimum Gasteiger partial charge on any atom is -0.333 e. The average Bonchev–Trinajstić information content (AvgIpc) is 3.40. The van der Waals surface area contributed by atoms with Crippen LogP contribution in [-0.2, 0) is 13.0 Å². The molecule has 0 spiro atoms. The number of carbonyl (C=O) groups excluding carboxylic acids is 1. The van der Waals surface area contributed by atoms with Crippen molar-refractivity contribution >= 4 is 29.0 Å². The van der Waals surface area contributed by atoms with Crippen molar-refractivity contribution in [3.05, 3.63) is 39.3 Å². The lowest BCUT2D eigenvalue weighted by atomic mass is 10.1. The number of nitrogens with zero attached hydrogens (tertiary/aromatic N) is 3. The van der Waals surface area contributed by atoms with Crippen LogP contribution in [0.15, 0.2) is 18.3 Å². The van der Waals surface area contributed by atoms with Crippen LogP contribution in [0, 0.1) is 0 Å². The average molecular weight is 391 g/mol. The molecule has 0 saturated carbocycles. The fourth-order valence-electron chi connectivity index (χ4n) is 4.03. The SMILES string of the molecule is CSCCCN1CCC[C@H]1c1ccc(C(=O)N2CCc3[nH]ncc3C2)s1. The molecule has 0 radical (unpaired) electrons. The highest BCUT2D eigenvalue weighted by molar-refractivity contribution is 7.98. The molecule has 0 unspecified atom stereocenters. The number of aromatic nitrogens is 2. The van der Waals surface area contributed by atoms with Gasteiger partial charge in [0.05, 0.1) is 11.1 Å². The molecule has 4 heterocycles. The van der Waals surface area contributed by atoms with E-state index in [1.54, 1.807) is 11.3 Å². The van der Waals surface area contributed by atoms with E-state index in [0.29, 0.717) is 12.6 Å². The van der Waals surface area contributed by atoms with Gasteiger partial charge in [0, 0.05) is 41.7 Å². The highest BCUT2D eigenvalue weighted by Crippen LogP contribution is 2.36. The monoisotopic (exact) mass is 390 g/mol. The molecule has 1 fully saturated rings. The Balaban J connectivity index is 1.42. The highest BCUT2D eigenvalue weighted by atomic mass is 32.2. The topological polar surface area (TPSA) is 52.2 Å². The van der Waals surface area contributed by atoms with Gasteiger partial charge in [0.25, 0.3) is 5.91 Å². The quantitative estimate of drug-likeness (QED) is 0.766. The third-order valence-electron chi connectivity index (χ3n) is 5.41. The molecule has 2 aromatic heterocycles. The van der Waals surface area contributed by atoms with Crippen molar-refractivity contribution in [1.29, 1.82) is 0 Å². The summed E-state index contributed by atoms with van der Waals surface area (Å²) in [5.41, 5.74) is 2.32. The highest BCUT2D eigenvalue weighted by Gasteiger charge is 2.29. The molecule has 7 heteroatoms. The van der Waals surface area contributed by atoms with Crippen LogP contribution in [0.4, 0.5) is 0 Å². The molecule has 0 bridgehead atoms. The molecular formula is C19H26N4OS2. The zero-order valence-electron chi connectivity index (χ0n) is 15.2. The number of nitrogens with one attached hydrogen (secondary N) is 1. The molecule has 4 rings (SSSR count). The smallest absolute Gasteiger partial charge is 0.264 e. The molecule has 5 nitrogen and oxygen atoms in total. The number of H-pyrrole nitrogens is 1. The van der Waals surface area contributed by atoms with Crippen molar-refractivity contribution in [3.63, 3.8) is 0 Å². The van der Waals surface area contributed by atoms with Gasteiger partial charge in [-0.2, -0.15) is 16.9 Å². The van der Waals surface area contributed by atoms with E-state index >= 15 is 0 Å². The van der Waals surface area contributed by atoms with Crippen LogP contribution in [0.5, 0.6) is 0 Å². The Hall–Kier alpha value is -1.31. The standard InChI is InChI=1S/C19H26N4OS2/c1-25-11-3-9-22-8-2-4-16(22)17-5-6-18(26-17)19(24)23-10-7-15-14(13-23)12-20-21-15/h5-6,12,16H,2-4,7-11,13H2,1H3,(H,20,21)/t16-/m0/s1. The van der Waals surface area contributed by atoms with Gasteiger partial charge in [-0.1, -0.05) is 0 Å². The van der Waals surface area contributed by atoms with Crippen molar-refractivity contribution in [3.8, 4) is 0 Å². The van der Waals surface area contributed by atoms with E-state index in [2.05, 4.69) is 27.4 Å². The largest absolute Gasteiger partial charge is 0.333 e. The number of amides is 1. The van der Waals surface area contributed by atoms with Crippen molar-refractivity contribution in [1.82, 2.24) is 20.0 Å². The first kappa shape index (κ1) is 18.1. The van der Waals surface area contributed by atoms with Gasteiger partial charge < -0.3 is 4.90 Å². The van der Waals surface area contributed by atoms with Crippen LogP contribution in [0.25, 0.3) is 0 Å². The number of thioether (sulfide) groups is 1. The molecule has 140 valence electrons. The Morgan fingerprint density at radius 2 is 2.35 bits per heavy atom. The van der Waals surface area contributed by atoms with Gasteiger partial charge >= 0.3 is 0 Å². The third kappa shape index (κ3) is 3.70. The maximum atomic E-state index is 12.9. The van der Waals surface area contributed by atoms with E-state index in [-0.39, 0.29) is 5.91 Å². The lowest BCUT2D eigenvalue weighted by Gasteiger charge is -2.26. The second-order valence-electron chi connectivity index (χ2n) is 7.09. The predicted octanol–water partition coefficient (Wildman–Crippen LogP) is 3.56. The van der Waals surface area contributed by atoms with E-state index in [4.69, 9.17) is 0 Å². The number of rotatable bonds is 6. The summed E-state index contributed by atoms with van der Waals surface area (Å²) in [6, 6.07) is 4.72. The van der Waals surface area contributed by atoms with Gasteiger partial charge in [-0.15, -0.1) is 11.3 Å². The van der Waals surface area contributed by atoms with Crippen LogP contribution >= 0.6 is 23.1 Å². The molecular weight excluding hydrogens is 364 g/mol. The van der Waals surface area contributed by atoms with E-state index in [0.717, 1.165) is 23.4 Å². The molecule has 2 aliphatic heterocycles. The summed E-state index contributed by atoms with van der Waals surface area (Å²) in [5, 5.41) is 7.13. The number of hydrogen-bond donors (Lipinski definition) is 1. The molecule has 1 saturated heterocycles. The minimum absolute atomic E-state index is 0.167. The number of aromatic amines is 1. The van der Waals surface area contributed by atoms with E-state index in [9.17, 15) is 4.79 Å². The fraction of sp³-hybridized carbons (Fsp3) is 0.579. The zero-order chi connectivity index (χ0) is 17.9. The van der Waals surface area contributed by atoms with Gasteiger partial charge in [-0.3, -0.25) is 14.8 Å². The third-order valence-corrected chi connectivity index (χ3v) is 7.28. The second-order valence-corrected chi connectivity index (χ2v) is 9.19. The summed E-state index contributed by atoms with van der Waals surface area (Å²) in [5.74, 6) is 1.39. The van der Waals surface area contributed by atoms with Crippen molar-refractivity contribution < 1.29 is 4.79 Å². The molecule has 2 aromatic rings. The number of hydrogen-bond acceptors (Lipinski definition) is 5. The van der Waals surface area contributed by atoms with Gasteiger partial charge in [0.1, 0.15) is 0 Å². The van der Waals surface area contributed by atoms with Gasteiger partial charge in [0.2, 0.25) is 0 Å². The van der Waals surface area contributed by atoms with Crippen LogP contribution in [-0.4, -0.2) is 57.5 Å². The van der Waals surface area contributed by atoms with Gasteiger partial charge in [0.15, 0.2) is 0 Å². The first-order valence-corrected chi connectivity index (χ1v) is 11.6. The predicted molar refractivity (Wildman–Crippen MR) is 108 cm³/mol. The minimum atomic E-state index is 0.167. The Morgan fingerprint density at radius 1 is 1.42 bits per heavy atom. The van der Waals surface area contributed by atoms with Crippen LogP contribution < -0.4 is 0 Å². The molecule has 1 amide bonds. The zero-order valence-corrected chi connectivity index (χ0v) is 16.9. The summed E-state index contributed by atoms with van der Waals surface area (Å²) in [4.78, 5) is 19.7. The van der Waals surface area contributed by atoms with E-state index in [1.165, 1.54) is 48.7 Å². The summed E-state index contributed by atoms with van der Waals surface area (Å²) >= 11 is 3.62. The molecule has 2 aliphatic rings. The van der Waals surface area contributed by atoms with E-state index < -0.39 is 0 Å². The van der Waals surface area contributed by atoms with Crippen molar-refractivity contribution in [2.75, 3.05) is 31.6 Å². The van der Waals surface area contributed by atoms with Crippen LogP contribution in [0.1, 0.15) is 51.1 Å². The Morgan fingerprint density at radius 3 is 3.23 bits per heavy atom. The Bertz CT molecular complexity index is 756. The van der Waals surface area contributed by atoms with Crippen molar-refractivity contribution in [2.45, 2.75) is 38.3 Å². The van der Waals surface area contributed by atoms with Gasteiger partial charge in [-0.25, -0.2) is 0 Å². The second kappa shape index (κ2) is 8.15. The molecule has 26 heavy (non-hydrogen) atoms. The molecule has 1 atom stereocenters. The summed E-state index contributed by atoms with van der Waals surface area (Å²) in [6.07, 6.45) is 8.61. The van der Waals surface area contributed by atoms with Crippen LogP contribution in [0.3, 0.4) is 0 Å². The summed E-state index contributed by atoms with van der Waals surface area (Å²) in [6.45, 7) is 3.80. The van der Waals surface area contributed by atoms with E-state index in [1.807, 2.05) is 28.9 Å². The summed E-state index contributed by atoms with van der Waals surface area (Å²) < 4.78 is 0. The van der Waals surface area contributed by atoms with Crippen LogP contribution in [0.2, 0.25) is 0 Å². The maximum Gasteiger partial charge on any atom is 0.264 e. The lowest BCUT2D eigenvalue weighted by molar-refractivity contribution is 0.0739. The summed E-state index contributed by atoms with van der Waals surface area (Å²) in [7, 11) is 0. The first-order chi connectivity index (χ1) is 12.8. The Labute approximate surface area is 163 Å². The van der Waals surface area contributed by atoms with Gasteiger partial charge in [-0.05, 0) is 56.5 Å². The number of thiophene rings is 1. The van der Waals surface area contributed by atoms with Crippen molar-refractivity contribution in [2.24, 2.45) is 0 Å². The molecule has 0 aromatic carbocycles. The lowest BCUT2D eigenvalue weighted by Crippen LogP contribution is -2.35.